The molecule has 1 heterocycles. The van der Waals surface area contributed by atoms with Crippen LogP contribution in [0.15, 0.2) is 12.1 Å². The summed E-state index contributed by atoms with van der Waals surface area (Å²) < 4.78 is 31.0. The first-order valence-electron chi connectivity index (χ1n) is 6.66. The second-order valence-electron chi connectivity index (χ2n) is 5.80. The number of rotatable bonds is 3. The fourth-order valence-electron chi connectivity index (χ4n) is 1.97. The number of halogens is 2. The van der Waals surface area contributed by atoms with Crippen molar-refractivity contribution in [2.75, 3.05) is 6.61 Å². The molecule has 110 valence electrons. The van der Waals surface area contributed by atoms with Gasteiger partial charge in [-0.05, 0) is 40.7 Å². The summed E-state index contributed by atoms with van der Waals surface area (Å²) in [6.07, 6.45) is 0. The monoisotopic (exact) mass is 300 g/mol. The first-order chi connectivity index (χ1) is 9.19. The molecule has 0 aromatic heterocycles. The molecule has 3 nitrogen and oxygen atoms in total. The molecule has 0 saturated carbocycles. The van der Waals surface area contributed by atoms with E-state index in [-0.39, 0.29) is 10.8 Å². The van der Waals surface area contributed by atoms with Crippen LogP contribution in [0.3, 0.4) is 0 Å². The van der Waals surface area contributed by atoms with Gasteiger partial charge in [0.05, 0.1) is 22.8 Å². The van der Waals surface area contributed by atoms with Crippen molar-refractivity contribution in [1.82, 2.24) is 0 Å². The van der Waals surface area contributed by atoms with Crippen molar-refractivity contribution in [3.63, 3.8) is 0 Å². The lowest BCUT2D eigenvalue weighted by Gasteiger charge is -2.32. The van der Waals surface area contributed by atoms with E-state index in [1.807, 2.05) is 27.7 Å². The number of hydrogen-bond acceptors (Lipinski definition) is 3. The second kappa shape index (κ2) is 5.21. The molecule has 0 atom stereocenters. The van der Waals surface area contributed by atoms with Gasteiger partial charge in [-0.3, -0.25) is 0 Å². The van der Waals surface area contributed by atoms with E-state index in [4.69, 9.17) is 25.6 Å². The molecule has 0 amide bonds. The van der Waals surface area contributed by atoms with Crippen LogP contribution < -0.4 is 10.2 Å². The normalized spacial score (nSPS) is 20.2. The van der Waals surface area contributed by atoms with Crippen molar-refractivity contribution < 1.29 is 18.4 Å². The minimum Gasteiger partial charge on any atom is -0.491 e. The molecule has 0 bridgehead atoms. The highest BCUT2D eigenvalue weighted by Gasteiger charge is 2.52. The molecule has 1 saturated heterocycles. The predicted molar refractivity (Wildman–Crippen MR) is 78.3 cm³/mol. The summed E-state index contributed by atoms with van der Waals surface area (Å²) in [5, 5.41) is -0.0190. The Labute approximate surface area is 124 Å². The summed E-state index contributed by atoms with van der Waals surface area (Å²) in [7, 11) is -0.683. The van der Waals surface area contributed by atoms with Crippen LogP contribution in [0.5, 0.6) is 5.75 Å². The number of benzene rings is 1. The molecule has 1 fully saturated rings. The van der Waals surface area contributed by atoms with Gasteiger partial charge in [0.1, 0.15) is 0 Å². The Hall–Kier alpha value is -0.775. The van der Waals surface area contributed by atoms with Gasteiger partial charge < -0.3 is 14.0 Å². The fraction of sp³-hybridized carbons (Fsp3) is 0.571. The molecule has 1 aromatic rings. The van der Waals surface area contributed by atoms with Crippen molar-refractivity contribution in [3.05, 3.63) is 23.0 Å². The topological polar surface area (TPSA) is 27.7 Å². The molecule has 6 heteroatoms. The third-order valence-corrected chi connectivity index (χ3v) is 4.27. The fourth-order valence-corrected chi connectivity index (χ4v) is 2.21. The van der Waals surface area contributed by atoms with Crippen LogP contribution >= 0.6 is 11.6 Å². The highest BCUT2D eigenvalue weighted by Crippen LogP contribution is 2.37. The molecule has 1 aliphatic heterocycles. The number of ether oxygens (including phenoxy) is 1. The third kappa shape index (κ3) is 2.54. The van der Waals surface area contributed by atoms with E-state index in [9.17, 15) is 4.39 Å². The third-order valence-electron chi connectivity index (χ3n) is 3.88. The average molecular weight is 301 g/mol. The summed E-state index contributed by atoms with van der Waals surface area (Å²) >= 11 is 6.09. The Morgan fingerprint density at radius 1 is 1.20 bits per heavy atom. The van der Waals surface area contributed by atoms with Gasteiger partial charge in [0, 0.05) is 5.46 Å². The van der Waals surface area contributed by atoms with Crippen LogP contribution in [-0.2, 0) is 9.31 Å². The van der Waals surface area contributed by atoms with Gasteiger partial charge in [0.15, 0.2) is 11.6 Å². The second-order valence-corrected chi connectivity index (χ2v) is 6.18. The van der Waals surface area contributed by atoms with Crippen molar-refractivity contribution in [3.8, 4) is 5.75 Å². The van der Waals surface area contributed by atoms with Crippen LogP contribution in [0.1, 0.15) is 34.6 Å². The largest absolute Gasteiger partial charge is 0.496 e. The molecule has 2 rings (SSSR count). The van der Waals surface area contributed by atoms with Gasteiger partial charge in [-0.15, -0.1) is 0 Å². The Morgan fingerprint density at radius 2 is 1.75 bits per heavy atom. The molecule has 0 aliphatic carbocycles. The Bertz CT molecular complexity index is 503. The van der Waals surface area contributed by atoms with E-state index in [1.54, 1.807) is 19.1 Å². The van der Waals surface area contributed by atoms with E-state index >= 15 is 0 Å². The van der Waals surface area contributed by atoms with E-state index in [0.717, 1.165) is 0 Å². The minimum atomic E-state index is -0.683. The molecule has 20 heavy (non-hydrogen) atoms. The average Bonchev–Trinajstić information content (AvgIpc) is 2.55. The van der Waals surface area contributed by atoms with Gasteiger partial charge in [-0.1, -0.05) is 17.7 Å². The van der Waals surface area contributed by atoms with Gasteiger partial charge >= 0.3 is 7.12 Å². The smallest absolute Gasteiger partial charge is 0.491 e. The lowest BCUT2D eigenvalue weighted by Crippen LogP contribution is -2.41. The van der Waals surface area contributed by atoms with Gasteiger partial charge in [0.25, 0.3) is 0 Å². The highest BCUT2D eigenvalue weighted by molar-refractivity contribution is 6.65. The van der Waals surface area contributed by atoms with Crippen LogP contribution in [0.25, 0.3) is 0 Å². The molecular formula is C14H19BClFO3. The minimum absolute atomic E-state index is 0.0190. The molecule has 0 radical (unpaired) electrons. The first kappa shape index (κ1) is 15.6. The standard InChI is InChI=1S/C14H19BClFO3/c1-6-18-10-8-7-9(11(16)12(10)17)15-19-13(2,3)14(4,5)20-15/h7-8H,6H2,1-5H3. The van der Waals surface area contributed by atoms with Crippen molar-refractivity contribution in [1.29, 1.82) is 0 Å². The van der Waals surface area contributed by atoms with Crippen LogP contribution in [0, 0.1) is 5.82 Å². The zero-order valence-electron chi connectivity index (χ0n) is 12.4. The maximum Gasteiger partial charge on any atom is 0.496 e. The molecule has 1 aromatic carbocycles. The molecular weight excluding hydrogens is 281 g/mol. The molecule has 1 aliphatic rings. The summed E-state index contributed by atoms with van der Waals surface area (Å²) in [5.41, 5.74) is -0.502. The van der Waals surface area contributed by atoms with Gasteiger partial charge in [0.2, 0.25) is 0 Å². The van der Waals surface area contributed by atoms with E-state index in [0.29, 0.717) is 12.1 Å². The quantitative estimate of drug-likeness (QED) is 0.803. The zero-order chi connectivity index (χ0) is 15.1. The lowest BCUT2D eigenvalue weighted by atomic mass is 9.79. The Balaban J connectivity index is 2.34. The van der Waals surface area contributed by atoms with Crippen molar-refractivity contribution >= 4 is 24.2 Å². The SMILES string of the molecule is CCOc1ccc(B2OC(C)(C)C(C)(C)O2)c(Cl)c1F. The maximum atomic E-state index is 14.1. The van der Waals surface area contributed by atoms with Gasteiger partial charge in [-0.25, -0.2) is 4.39 Å². The summed E-state index contributed by atoms with van der Waals surface area (Å²) in [6.45, 7) is 9.91. The Morgan fingerprint density at radius 3 is 2.25 bits per heavy atom. The summed E-state index contributed by atoms with van der Waals surface area (Å²) in [4.78, 5) is 0. The predicted octanol–water partition coefficient (Wildman–Crippen LogP) is 3.18. The Kier molecular flexibility index (Phi) is 4.06. The molecule has 0 spiro atoms. The molecule has 0 unspecified atom stereocenters. The van der Waals surface area contributed by atoms with E-state index in [1.165, 1.54) is 0 Å². The van der Waals surface area contributed by atoms with E-state index < -0.39 is 24.1 Å². The summed E-state index contributed by atoms with van der Waals surface area (Å²) in [6, 6.07) is 3.23. The first-order valence-corrected chi connectivity index (χ1v) is 7.03. The van der Waals surface area contributed by atoms with Crippen molar-refractivity contribution in [2.24, 2.45) is 0 Å². The maximum absolute atomic E-state index is 14.1. The van der Waals surface area contributed by atoms with Gasteiger partial charge in [-0.2, -0.15) is 0 Å². The lowest BCUT2D eigenvalue weighted by molar-refractivity contribution is 0.00578. The zero-order valence-corrected chi connectivity index (χ0v) is 13.2. The van der Waals surface area contributed by atoms with E-state index in [2.05, 4.69) is 0 Å². The van der Waals surface area contributed by atoms with Crippen molar-refractivity contribution in [2.45, 2.75) is 45.8 Å². The number of hydrogen-bond donors (Lipinski definition) is 0. The summed E-state index contributed by atoms with van der Waals surface area (Å²) in [5.74, 6) is -0.446. The highest BCUT2D eigenvalue weighted by atomic mass is 35.5. The van der Waals surface area contributed by atoms with Crippen LogP contribution in [0.2, 0.25) is 5.02 Å². The van der Waals surface area contributed by atoms with Crippen LogP contribution in [-0.4, -0.2) is 24.9 Å². The van der Waals surface area contributed by atoms with Crippen LogP contribution in [0.4, 0.5) is 4.39 Å². The molecule has 0 N–H and O–H groups in total.